The molecular formula is C27H32ClN3O5. The molecule has 0 aromatic heterocycles. The number of carboxylic acids is 1. The fourth-order valence-corrected chi connectivity index (χ4v) is 5.54. The van der Waals surface area contributed by atoms with Crippen molar-refractivity contribution in [3.05, 3.63) is 47.0 Å². The molecule has 8 nitrogen and oxygen atoms in total. The van der Waals surface area contributed by atoms with Gasteiger partial charge in [-0.05, 0) is 55.2 Å². The molecule has 0 bridgehead atoms. The predicted octanol–water partition coefficient (Wildman–Crippen LogP) is 4.50. The molecule has 2 aromatic rings. The molecule has 5 rings (SSSR count). The number of piperidine rings is 1. The van der Waals surface area contributed by atoms with E-state index in [1.54, 1.807) is 14.2 Å². The van der Waals surface area contributed by atoms with Crippen molar-refractivity contribution in [2.24, 2.45) is 10.6 Å². The molecule has 0 aliphatic carbocycles. The number of aliphatic carboxylic acids is 1. The van der Waals surface area contributed by atoms with Gasteiger partial charge in [-0.3, -0.25) is 9.69 Å². The number of carboxylic acid groups (broad SMARTS) is 1. The number of amidine groups is 1. The summed E-state index contributed by atoms with van der Waals surface area (Å²) in [6, 6.07) is 11.7. The van der Waals surface area contributed by atoms with Crippen LogP contribution in [-0.2, 0) is 16.2 Å². The Hall–Kier alpha value is -2.97. The van der Waals surface area contributed by atoms with Gasteiger partial charge in [0.25, 0.3) is 0 Å². The van der Waals surface area contributed by atoms with Gasteiger partial charge in [-0.2, -0.15) is 0 Å². The van der Waals surface area contributed by atoms with E-state index < -0.39 is 11.4 Å². The maximum Gasteiger partial charge on any atom is 0.309 e. The minimum absolute atomic E-state index is 0.291. The van der Waals surface area contributed by atoms with Crippen LogP contribution in [0.15, 0.2) is 41.6 Å². The summed E-state index contributed by atoms with van der Waals surface area (Å²) in [5, 5.41) is 14.6. The number of benzene rings is 2. The Kier molecular flexibility index (Phi) is 6.51. The van der Waals surface area contributed by atoms with Gasteiger partial charge in [0, 0.05) is 37.7 Å². The lowest BCUT2D eigenvalue weighted by molar-refractivity contribution is -0.150. The molecule has 0 saturated carbocycles. The Labute approximate surface area is 216 Å². The second kappa shape index (κ2) is 9.48. The molecule has 3 heterocycles. The molecule has 192 valence electrons. The highest BCUT2D eigenvalue weighted by molar-refractivity contribution is 6.30. The van der Waals surface area contributed by atoms with E-state index in [2.05, 4.69) is 27.1 Å². The largest absolute Gasteiger partial charge is 0.496 e. The molecule has 1 N–H and O–H groups in total. The Morgan fingerprint density at radius 3 is 2.28 bits per heavy atom. The third-order valence-corrected chi connectivity index (χ3v) is 7.95. The summed E-state index contributed by atoms with van der Waals surface area (Å²) in [7, 11) is 3.34. The molecule has 0 atom stereocenters. The molecule has 2 saturated heterocycles. The minimum atomic E-state index is -0.715. The van der Waals surface area contributed by atoms with Gasteiger partial charge in [0.05, 0.1) is 31.6 Å². The molecule has 1 spiro atoms. The van der Waals surface area contributed by atoms with Crippen molar-refractivity contribution in [2.75, 3.05) is 40.4 Å². The zero-order chi connectivity index (χ0) is 25.5. The first-order valence-electron chi connectivity index (χ1n) is 12.2. The Morgan fingerprint density at radius 1 is 1.11 bits per heavy atom. The molecule has 36 heavy (non-hydrogen) atoms. The third kappa shape index (κ3) is 4.60. The van der Waals surface area contributed by atoms with E-state index in [9.17, 15) is 9.90 Å². The van der Waals surface area contributed by atoms with Crippen molar-refractivity contribution in [3.8, 4) is 22.6 Å². The lowest BCUT2D eigenvalue weighted by Gasteiger charge is -2.45. The van der Waals surface area contributed by atoms with Crippen LogP contribution in [0.25, 0.3) is 11.1 Å². The summed E-state index contributed by atoms with van der Waals surface area (Å²) < 4.78 is 11.5. The number of likely N-dealkylation sites (tertiary alicyclic amines) is 2. The maximum atomic E-state index is 11.5. The fraction of sp³-hybridized carbons (Fsp3) is 0.481. The summed E-state index contributed by atoms with van der Waals surface area (Å²) in [5.41, 5.74) is 2.04. The van der Waals surface area contributed by atoms with Crippen molar-refractivity contribution in [2.45, 2.75) is 38.3 Å². The van der Waals surface area contributed by atoms with Crippen LogP contribution in [0.3, 0.4) is 0 Å². The Balaban J connectivity index is 1.21. The number of hydrogen-bond acceptors (Lipinski definition) is 7. The molecular weight excluding hydrogens is 482 g/mol. The fourth-order valence-electron chi connectivity index (χ4n) is 5.41. The molecule has 3 aliphatic heterocycles. The predicted molar refractivity (Wildman–Crippen MR) is 138 cm³/mol. The second-order valence-corrected chi connectivity index (χ2v) is 10.8. The molecule has 0 unspecified atom stereocenters. The van der Waals surface area contributed by atoms with E-state index in [0.29, 0.717) is 31.0 Å². The lowest BCUT2D eigenvalue weighted by Crippen LogP contribution is -2.61. The number of halogens is 1. The van der Waals surface area contributed by atoms with Crippen molar-refractivity contribution in [3.63, 3.8) is 0 Å². The van der Waals surface area contributed by atoms with Gasteiger partial charge in [-0.25, -0.2) is 0 Å². The van der Waals surface area contributed by atoms with E-state index in [1.807, 2.05) is 31.2 Å². The van der Waals surface area contributed by atoms with E-state index in [4.69, 9.17) is 25.9 Å². The molecule has 0 amide bonds. The van der Waals surface area contributed by atoms with Gasteiger partial charge in [-0.1, -0.05) is 28.9 Å². The second-order valence-electron chi connectivity index (χ2n) is 10.3. The normalized spacial score (nSPS) is 20.4. The highest BCUT2D eigenvalue weighted by Crippen LogP contribution is 2.42. The number of carbonyl (C=O) groups is 1. The van der Waals surface area contributed by atoms with Crippen LogP contribution in [0.4, 0.5) is 0 Å². The average molecular weight is 514 g/mol. The minimum Gasteiger partial charge on any atom is -0.496 e. The van der Waals surface area contributed by atoms with E-state index >= 15 is 0 Å². The third-order valence-electron chi connectivity index (χ3n) is 7.70. The summed E-state index contributed by atoms with van der Waals surface area (Å²) in [6.07, 6.45) is 2.00. The lowest BCUT2D eigenvalue weighted by atomic mass is 9.80. The standard InChI is InChI=1S/C27H32ClN3O5/c1-26(25(32)33)8-10-31(11-9-26)23-14-27(36-29-23)16-30(17-27)15-18-12-21(34-2)24(22(13-18)35-3)19-4-6-20(28)7-5-19/h4-7,12-13H,8-11,14-17H2,1-3H3,(H,32,33). The van der Waals surface area contributed by atoms with Crippen LogP contribution in [0.5, 0.6) is 11.5 Å². The van der Waals surface area contributed by atoms with Gasteiger partial charge in [0.2, 0.25) is 0 Å². The van der Waals surface area contributed by atoms with Gasteiger partial charge in [0.15, 0.2) is 5.60 Å². The van der Waals surface area contributed by atoms with E-state index in [0.717, 1.165) is 60.1 Å². The van der Waals surface area contributed by atoms with Crippen molar-refractivity contribution in [1.82, 2.24) is 9.80 Å². The van der Waals surface area contributed by atoms with Crippen LogP contribution in [-0.4, -0.2) is 72.7 Å². The SMILES string of the molecule is COc1cc(CN2CC3(CC(N4CCC(C)(C(=O)O)CC4)=NO3)C2)cc(OC)c1-c1ccc(Cl)cc1. The van der Waals surface area contributed by atoms with Crippen molar-refractivity contribution in [1.29, 1.82) is 0 Å². The Bertz CT molecular complexity index is 1140. The number of hydrogen-bond donors (Lipinski definition) is 1. The molecule has 9 heteroatoms. The number of ether oxygens (including phenoxy) is 2. The van der Waals surface area contributed by atoms with Crippen LogP contribution in [0.1, 0.15) is 31.7 Å². The highest BCUT2D eigenvalue weighted by atomic mass is 35.5. The topological polar surface area (TPSA) is 83.8 Å². The number of nitrogens with zero attached hydrogens (tertiary/aromatic N) is 3. The van der Waals surface area contributed by atoms with Crippen LogP contribution < -0.4 is 9.47 Å². The zero-order valence-electron chi connectivity index (χ0n) is 20.9. The number of oxime groups is 1. The first-order chi connectivity index (χ1) is 17.2. The van der Waals surface area contributed by atoms with Crippen LogP contribution >= 0.6 is 11.6 Å². The first-order valence-corrected chi connectivity index (χ1v) is 12.6. The molecule has 0 radical (unpaired) electrons. The van der Waals surface area contributed by atoms with Crippen molar-refractivity contribution < 1.29 is 24.2 Å². The number of rotatable bonds is 6. The summed E-state index contributed by atoms with van der Waals surface area (Å²) >= 11 is 6.07. The summed E-state index contributed by atoms with van der Waals surface area (Å²) in [5.74, 6) is 1.73. The van der Waals surface area contributed by atoms with E-state index in [1.165, 1.54) is 0 Å². The van der Waals surface area contributed by atoms with Crippen LogP contribution in [0, 0.1) is 5.41 Å². The highest BCUT2D eigenvalue weighted by Gasteiger charge is 2.51. The molecule has 2 aromatic carbocycles. The summed E-state index contributed by atoms with van der Waals surface area (Å²) in [4.78, 5) is 22.0. The Morgan fingerprint density at radius 2 is 1.72 bits per heavy atom. The molecule has 3 aliphatic rings. The smallest absolute Gasteiger partial charge is 0.309 e. The van der Waals surface area contributed by atoms with Gasteiger partial charge in [0.1, 0.15) is 17.3 Å². The first kappa shape index (κ1) is 24.7. The van der Waals surface area contributed by atoms with Gasteiger partial charge >= 0.3 is 5.97 Å². The maximum absolute atomic E-state index is 11.5. The van der Waals surface area contributed by atoms with Gasteiger partial charge < -0.3 is 24.3 Å². The van der Waals surface area contributed by atoms with Crippen molar-refractivity contribution >= 4 is 23.4 Å². The van der Waals surface area contributed by atoms with E-state index in [-0.39, 0.29) is 5.60 Å². The van der Waals surface area contributed by atoms with Gasteiger partial charge in [-0.15, -0.1) is 0 Å². The zero-order valence-corrected chi connectivity index (χ0v) is 21.7. The number of methoxy groups -OCH3 is 2. The molecule has 2 fully saturated rings. The quantitative estimate of drug-likeness (QED) is 0.608. The monoisotopic (exact) mass is 513 g/mol. The average Bonchev–Trinajstić information content (AvgIpc) is 3.30. The summed E-state index contributed by atoms with van der Waals surface area (Å²) in [6.45, 7) is 5.54. The van der Waals surface area contributed by atoms with Crippen LogP contribution in [0.2, 0.25) is 5.02 Å².